The molecule has 5 rings (SSSR count). The molecule has 0 bridgehead atoms. The minimum absolute atomic E-state index is 0.0144. The Morgan fingerprint density at radius 1 is 1.03 bits per heavy atom. The molecule has 1 aliphatic rings. The molecular formula is C29H29BrFN5O2. The Morgan fingerprint density at radius 3 is 2.39 bits per heavy atom. The minimum Gasteiger partial charge on any atom is -0.383 e. The number of carbonyl (C=O) groups is 1. The van der Waals surface area contributed by atoms with Gasteiger partial charge in [0.15, 0.2) is 5.82 Å². The van der Waals surface area contributed by atoms with E-state index < -0.39 is 0 Å². The number of urea groups is 1. The van der Waals surface area contributed by atoms with Crippen LogP contribution in [-0.4, -0.2) is 60.1 Å². The van der Waals surface area contributed by atoms with Gasteiger partial charge in [0.25, 0.3) is 0 Å². The van der Waals surface area contributed by atoms with Gasteiger partial charge in [0.05, 0.1) is 22.8 Å². The van der Waals surface area contributed by atoms with Crippen LogP contribution in [0.5, 0.6) is 0 Å². The number of carbonyl (C=O) groups excluding carboxylic acids is 1. The number of ether oxygens (including phenoxy) is 1. The van der Waals surface area contributed by atoms with Crippen molar-refractivity contribution in [2.45, 2.75) is 12.0 Å². The van der Waals surface area contributed by atoms with Crippen molar-refractivity contribution in [2.75, 3.05) is 38.7 Å². The second kappa shape index (κ2) is 11.9. The maximum absolute atomic E-state index is 13.6. The summed E-state index contributed by atoms with van der Waals surface area (Å²) in [6, 6.07) is 25.5. The van der Waals surface area contributed by atoms with E-state index in [1.54, 1.807) is 23.9 Å². The maximum Gasteiger partial charge on any atom is 0.320 e. The van der Waals surface area contributed by atoms with Gasteiger partial charge in [0.2, 0.25) is 0 Å². The summed E-state index contributed by atoms with van der Waals surface area (Å²) < 4.78 is 21.3. The van der Waals surface area contributed by atoms with E-state index in [1.165, 1.54) is 12.1 Å². The van der Waals surface area contributed by atoms with Crippen LogP contribution in [-0.2, 0) is 4.74 Å². The molecule has 2 heterocycles. The number of nitrogens with one attached hydrogen (secondary N) is 2. The first kappa shape index (κ1) is 26.1. The molecule has 196 valence electrons. The number of hydrogen-bond donors (Lipinski definition) is 2. The first-order chi connectivity index (χ1) is 18.5. The van der Waals surface area contributed by atoms with Gasteiger partial charge in [-0.15, -0.1) is 0 Å². The molecule has 0 aliphatic carbocycles. The van der Waals surface area contributed by atoms with Crippen LogP contribution in [0.2, 0.25) is 0 Å². The zero-order valence-corrected chi connectivity index (χ0v) is 22.6. The lowest BCUT2D eigenvalue weighted by atomic mass is 9.94. The van der Waals surface area contributed by atoms with Crippen LogP contribution in [0, 0.1) is 5.82 Å². The lowest BCUT2D eigenvalue weighted by Gasteiger charge is -2.21. The number of halogens is 2. The molecule has 2 amide bonds. The number of likely N-dealkylation sites (tertiary alicyclic amines) is 1. The van der Waals surface area contributed by atoms with E-state index in [4.69, 9.17) is 9.84 Å². The van der Waals surface area contributed by atoms with Crippen LogP contribution < -0.4 is 10.6 Å². The Bertz CT molecular complexity index is 1370. The fraction of sp³-hybridized carbons (Fsp3) is 0.241. The Morgan fingerprint density at radius 2 is 1.71 bits per heavy atom. The van der Waals surface area contributed by atoms with Crippen LogP contribution in [0.15, 0.2) is 89.4 Å². The van der Waals surface area contributed by atoms with Crippen molar-refractivity contribution in [1.29, 1.82) is 0 Å². The predicted octanol–water partition coefficient (Wildman–Crippen LogP) is 5.68. The molecular weight excluding hydrogens is 549 g/mol. The molecule has 2 unspecified atom stereocenters. The van der Waals surface area contributed by atoms with E-state index in [0.717, 1.165) is 35.6 Å². The van der Waals surface area contributed by atoms with Crippen molar-refractivity contribution in [3.8, 4) is 16.9 Å². The van der Waals surface area contributed by atoms with E-state index in [1.807, 2.05) is 60.7 Å². The molecule has 1 aromatic heterocycles. The van der Waals surface area contributed by atoms with Crippen molar-refractivity contribution < 1.29 is 13.9 Å². The quantitative estimate of drug-likeness (QED) is 0.283. The van der Waals surface area contributed by atoms with E-state index in [9.17, 15) is 9.18 Å². The Hall–Kier alpha value is -3.53. The third-order valence-corrected chi connectivity index (χ3v) is 7.48. The molecule has 2 N–H and O–H groups in total. The SMILES string of the molecule is COCCN1CC(NC(=O)Nc2c(Br)c(-c3ccccc3)nn2-c2ccccc2)C(c2ccc(F)cc2)C1. The van der Waals surface area contributed by atoms with Crippen molar-refractivity contribution in [1.82, 2.24) is 20.0 Å². The average molecular weight is 578 g/mol. The first-order valence-corrected chi connectivity index (χ1v) is 13.3. The van der Waals surface area contributed by atoms with Gasteiger partial charge in [-0.05, 0) is 45.8 Å². The first-order valence-electron chi connectivity index (χ1n) is 12.5. The summed E-state index contributed by atoms with van der Waals surface area (Å²) in [6.45, 7) is 2.75. The number of anilines is 1. The molecule has 3 aromatic carbocycles. The molecule has 1 aliphatic heterocycles. The third-order valence-electron chi connectivity index (χ3n) is 6.73. The number of aromatic nitrogens is 2. The smallest absolute Gasteiger partial charge is 0.320 e. The average Bonchev–Trinajstić information content (AvgIpc) is 3.49. The second-order valence-electron chi connectivity index (χ2n) is 9.24. The Labute approximate surface area is 229 Å². The Kier molecular flexibility index (Phi) is 8.17. The van der Waals surface area contributed by atoms with Gasteiger partial charge in [-0.25, -0.2) is 13.9 Å². The summed E-state index contributed by atoms with van der Waals surface area (Å²) >= 11 is 3.69. The van der Waals surface area contributed by atoms with E-state index in [-0.39, 0.29) is 23.8 Å². The minimum atomic E-state index is -0.340. The zero-order chi connectivity index (χ0) is 26.5. The van der Waals surface area contributed by atoms with Gasteiger partial charge < -0.3 is 10.1 Å². The molecule has 0 spiro atoms. The predicted molar refractivity (Wildman–Crippen MR) is 150 cm³/mol. The molecule has 0 radical (unpaired) electrons. The van der Waals surface area contributed by atoms with Gasteiger partial charge in [-0.1, -0.05) is 60.7 Å². The number of para-hydroxylation sites is 1. The van der Waals surface area contributed by atoms with Crippen molar-refractivity contribution in [3.63, 3.8) is 0 Å². The lowest BCUT2D eigenvalue weighted by Crippen LogP contribution is -2.42. The van der Waals surface area contributed by atoms with Gasteiger partial charge in [0, 0.05) is 38.2 Å². The highest BCUT2D eigenvalue weighted by molar-refractivity contribution is 9.10. The lowest BCUT2D eigenvalue weighted by molar-refractivity contribution is 0.159. The van der Waals surface area contributed by atoms with Crippen LogP contribution in [0.4, 0.5) is 15.0 Å². The molecule has 0 saturated carbocycles. The van der Waals surface area contributed by atoms with Crippen molar-refractivity contribution in [2.24, 2.45) is 0 Å². The summed E-state index contributed by atoms with van der Waals surface area (Å²) in [4.78, 5) is 15.7. The summed E-state index contributed by atoms with van der Waals surface area (Å²) in [5.74, 6) is 0.263. The topological polar surface area (TPSA) is 71.4 Å². The van der Waals surface area contributed by atoms with Crippen LogP contribution in [0.1, 0.15) is 11.5 Å². The monoisotopic (exact) mass is 577 g/mol. The van der Waals surface area contributed by atoms with Crippen molar-refractivity contribution in [3.05, 3.63) is 101 Å². The summed E-state index contributed by atoms with van der Waals surface area (Å²) in [5, 5.41) is 11.0. The number of nitrogens with zero attached hydrogens (tertiary/aromatic N) is 3. The standard InChI is InChI=1S/C29H29BrFN5O2/c1-38-17-16-35-18-24(20-12-14-22(31)15-13-20)25(19-35)32-29(37)33-28-26(30)27(21-8-4-2-5-9-21)34-36(28)23-10-6-3-7-11-23/h2-15,24-25H,16-19H2,1H3,(H2,32,33,37). The summed E-state index contributed by atoms with van der Waals surface area (Å²) in [5.41, 5.74) is 3.46. The normalized spacial score (nSPS) is 17.4. The number of methoxy groups -OCH3 is 1. The van der Waals surface area contributed by atoms with Crippen molar-refractivity contribution >= 4 is 27.8 Å². The number of hydrogen-bond acceptors (Lipinski definition) is 4. The highest BCUT2D eigenvalue weighted by Crippen LogP contribution is 2.36. The number of benzene rings is 3. The molecule has 38 heavy (non-hydrogen) atoms. The molecule has 2 atom stereocenters. The van der Waals surface area contributed by atoms with Crippen LogP contribution >= 0.6 is 15.9 Å². The highest BCUT2D eigenvalue weighted by atomic mass is 79.9. The molecule has 4 aromatic rings. The molecule has 7 nitrogen and oxygen atoms in total. The fourth-order valence-electron chi connectivity index (χ4n) is 4.84. The zero-order valence-electron chi connectivity index (χ0n) is 21.0. The van der Waals surface area contributed by atoms with E-state index >= 15 is 0 Å². The van der Waals surface area contributed by atoms with Crippen LogP contribution in [0.3, 0.4) is 0 Å². The second-order valence-corrected chi connectivity index (χ2v) is 10.0. The van der Waals surface area contributed by atoms with E-state index in [0.29, 0.717) is 23.4 Å². The van der Waals surface area contributed by atoms with Crippen LogP contribution in [0.25, 0.3) is 16.9 Å². The largest absolute Gasteiger partial charge is 0.383 e. The number of rotatable bonds is 8. The summed E-state index contributed by atoms with van der Waals surface area (Å²) in [7, 11) is 1.67. The van der Waals surface area contributed by atoms with Gasteiger partial charge >= 0.3 is 6.03 Å². The fourth-order valence-corrected chi connectivity index (χ4v) is 5.41. The maximum atomic E-state index is 13.6. The van der Waals surface area contributed by atoms with Gasteiger partial charge in [-0.2, -0.15) is 5.10 Å². The molecule has 9 heteroatoms. The number of amides is 2. The molecule has 1 saturated heterocycles. The third kappa shape index (κ3) is 5.80. The van der Waals surface area contributed by atoms with E-state index in [2.05, 4.69) is 31.5 Å². The highest BCUT2D eigenvalue weighted by Gasteiger charge is 2.35. The summed E-state index contributed by atoms with van der Waals surface area (Å²) in [6.07, 6.45) is 0. The molecule has 1 fully saturated rings. The van der Waals surface area contributed by atoms with Gasteiger partial charge in [-0.3, -0.25) is 10.2 Å². The van der Waals surface area contributed by atoms with Gasteiger partial charge in [0.1, 0.15) is 11.5 Å². The Balaban J connectivity index is 1.41.